The molecule has 0 unspecified atom stereocenters. The molecule has 0 spiro atoms. The molecule has 1 aliphatic carbocycles. The zero-order valence-corrected chi connectivity index (χ0v) is 12.4. The quantitative estimate of drug-likeness (QED) is 0.880. The molecule has 0 aromatic heterocycles. The molecule has 1 aromatic carbocycles. The molecule has 112 valence electrons. The van der Waals surface area contributed by atoms with Gasteiger partial charge in [-0.3, -0.25) is 9.59 Å². The van der Waals surface area contributed by atoms with E-state index >= 15 is 0 Å². The van der Waals surface area contributed by atoms with Crippen LogP contribution in [-0.4, -0.2) is 46.1 Å². The highest BCUT2D eigenvalue weighted by atomic mass is 32.2. The summed E-state index contributed by atoms with van der Waals surface area (Å²) in [5.74, 6) is 0.676. The number of benzene rings is 1. The minimum Gasteiger partial charge on any atom is -0.390 e. The van der Waals surface area contributed by atoms with E-state index in [-0.39, 0.29) is 23.6 Å². The van der Waals surface area contributed by atoms with E-state index in [1.807, 2.05) is 24.3 Å². The van der Waals surface area contributed by atoms with Crippen LogP contribution in [0.1, 0.15) is 23.6 Å². The minimum absolute atomic E-state index is 0.0500. The Morgan fingerprint density at radius 1 is 1.43 bits per heavy atom. The summed E-state index contributed by atoms with van der Waals surface area (Å²) in [6.07, 6.45) is 0.274. The van der Waals surface area contributed by atoms with Crippen LogP contribution >= 0.6 is 11.8 Å². The molecule has 5 nitrogen and oxygen atoms in total. The smallest absolute Gasteiger partial charge is 0.281 e. The predicted octanol–water partition coefficient (Wildman–Crippen LogP) is 1.32. The SMILES string of the molecule is O=C(CCN1CCSC1=O)N[C@@H]1c2ccccc2C[C@@H]1O. The first-order valence-corrected chi connectivity index (χ1v) is 8.10. The van der Waals surface area contributed by atoms with Gasteiger partial charge >= 0.3 is 0 Å². The summed E-state index contributed by atoms with van der Waals surface area (Å²) < 4.78 is 0. The van der Waals surface area contributed by atoms with Crippen LogP contribution in [0.5, 0.6) is 0 Å². The Hall–Kier alpha value is -1.53. The average molecular weight is 306 g/mol. The summed E-state index contributed by atoms with van der Waals surface area (Å²) in [6.45, 7) is 1.16. The number of aliphatic hydroxyl groups excluding tert-OH is 1. The van der Waals surface area contributed by atoms with Crippen molar-refractivity contribution in [2.75, 3.05) is 18.8 Å². The van der Waals surface area contributed by atoms with Crippen LogP contribution in [-0.2, 0) is 11.2 Å². The average Bonchev–Trinajstić information content (AvgIpc) is 3.01. The van der Waals surface area contributed by atoms with Gasteiger partial charge in [0, 0.05) is 31.7 Å². The summed E-state index contributed by atoms with van der Waals surface area (Å²) in [5.41, 5.74) is 2.08. The molecule has 1 fully saturated rings. The van der Waals surface area contributed by atoms with Gasteiger partial charge in [-0.2, -0.15) is 0 Å². The maximum atomic E-state index is 12.1. The van der Waals surface area contributed by atoms with Crippen LogP contribution in [0.15, 0.2) is 24.3 Å². The van der Waals surface area contributed by atoms with Crippen molar-refractivity contribution in [2.24, 2.45) is 0 Å². The van der Waals surface area contributed by atoms with E-state index in [0.717, 1.165) is 16.9 Å². The fourth-order valence-corrected chi connectivity index (χ4v) is 3.71. The van der Waals surface area contributed by atoms with Crippen LogP contribution in [0.4, 0.5) is 4.79 Å². The van der Waals surface area contributed by atoms with Gasteiger partial charge in [0.25, 0.3) is 5.24 Å². The standard InChI is InChI=1S/C15H18N2O3S/c18-12-9-10-3-1-2-4-11(10)14(12)16-13(19)5-6-17-7-8-21-15(17)20/h1-4,12,14,18H,5-9H2,(H,16,19)/t12-,14+/m0/s1. The lowest BCUT2D eigenvalue weighted by Gasteiger charge is -2.19. The zero-order chi connectivity index (χ0) is 14.8. The third kappa shape index (κ3) is 3.06. The van der Waals surface area contributed by atoms with Crippen molar-refractivity contribution in [3.8, 4) is 0 Å². The van der Waals surface area contributed by atoms with Crippen LogP contribution in [0, 0.1) is 0 Å². The van der Waals surface area contributed by atoms with Gasteiger partial charge in [-0.25, -0.2) is 0 Å². The van der Waals surface area contributed by atoms with Gasteiger partial charge in [0.2, 0.25) is 5.91 Å². The van der Waals surface area contributed by atoms with Crippen LogP contribution < -0.4 is 5.32 Å². The van der Waals surface area contributed by atoms with E-state index in [2.05, 4.69) is 5.32 Å². The number of carbonyl (C=O) groups is 2. The summed E-state index contributed by atoms with van der Waals surface area (Å²) in [7, 11) is 0. The molecule has 2 amide bonds. The van der Waals surface area contributed by atoms with Crippen molar-refractivity contribution >= 4 is 22.9 Å². The molecule has 0 bridgehead atoms. The Labute approximate surface area is 127 Å². The summed E-state index contributed by atoms with van der Waals surface area (Å²) in [4.78, 5) is 25.2. The van der Waals surface area contributed by atoms with Crippen molar-refractivity contribution in [3.05, 3.63) is 35.4 Å². The third-order valence-electron chi connectivity index (χ3n) is 3.97. The Bertz CT molecular complexity index is 564. The molecular formula is C15H18N2O3S. The van der Waals surface area contributed by atoms with E-state index in [4.69, 9.17) is 0 Å². The number of aliphatic hydroxyl groups is 1. The van der Waals surface area contributed by atoms with Crippen molar-refractivity contribution in [3.63, 3.8) is 0 Å². The highest BCUT2D eigenvalue weighted by Gasteiger charge is 2.32. The predicted molar refractivity (Wildman–Crippen MR) is 81.1 cm³/mol. The topological polar surface area (TPSA) is 69.6 Å². The van der Waals surface area contributed by atoms with Gasteiger partial charge in [-0.15, -0.1) is 0 Å². The zero-order valence-electron chi connectivity index (χ0n) is 11.6. The largest absolute Gasteiger partial charge is 0.390 e. The molecule has 1 aliphatic heterocycles. The van der Waals surface area contributed by atoms with Crippen molar-refractivity contribution < 1.29 is 14.7 Å². The Kier molecular flexibility index (Phi) is 4.17. The molecule has 0 radical (unpaired) electrons. The van der Waals surface area contributed by atoms with Crippen LogP contribution in [0.2, 0.25) is 0 Å². The second kappa shape index (κ2) is 6.07. The first-order chi connectivity index (χ1) is 10.1. The van der Waals surface area contributed by atoms with E-state index < -0.39 is 6.10 Å². The van der Waals surface area contributed by atoms with Crippen molar-refractivity contribution in [1.82, 2.24) is 10.2 Å². The van der Waals surface area contributed by atoms with E-state index in [1.54, 1.807) is 4.90 Å². The number of hydrogen-bond donors (Lipinski definition) is 2. The fraction of sp³-hybridized carbons (Fsp3) is 0.467. The maximum Gasteiger partial charge on any atom is 0.281 e. The number of rotatable bonds is 4. The number of fused-ring (bicyclic) bond motifs is 1. The van der Waals surface area contributed by atoms with Gasteiger partial charge < -0.3 is 15.3 Å². The molecule has 6 heteroatoms. The summed E-state index contributed by atoms with van der Waals surface area (Å²) in [5, 5.41) is 13.0. The van der Waals surface area contributed by atoms with Gasteiger partial charge in [0.1, 0.15) is 0 Å². The monoisotopic (exact) mass is 306 g/mol. The Morgan fingerprint density at radius 3 is 3.00 bits per heavy atom. The van der Waals surface area contributed by atoms with Gasteiger partial charge in [0.15, 0.2) is 0 Å². The first-order valence-electron chi connectivity index (χ1n) is 7.12. The molecule has 2 atom stereocenters. The number of hydrogen-bond acceptors (Lipinski definition) is 4. The number of amides is 2. The maximum absolute atomic E-state index is 12.1. The lowest BCUT2D eigenvalue weighted by molar-refractivity contribution is -0.122. The molecule has 2 N–H and O–H groups in total. The first kappa shape index (κ1) is 14.4. The van der Waals surface area contributed by atoms with Gasteiger partial charge in [-0.1, -0.05) is 36.0 Å². The fourth-order valence-electron chi connectivity index (χ4n) is 2.86. The normalized spacial score (nSPS) is 24.2. The lowest BCUT2D eigenvalue weighted by atomic mass is 10.1. The van der Waals surface area contributed by atoms with Gasteiger partial charge in [0.05, 0.1) is 12.1 Å². The van der Waals surface area contributed by atoms with E-state index in [0.29, 0.717) is 19.5 Å². The molecular weight excluding hydrogens is 288 g/mol. The number of nitrogens with one attached hydrogen (secondary N) is 1. The van der Waals surface area contributed by atoms with Gasteiger partial charge in [-0.05, 0) is 11.1 Å². The lowest BCUT2D eigenvalue weighted by Crippen LogP contribution is -2.36. The van der Waals surface area contributed by atoms with Crippen molar-refractivity contribution in [2.45, 2.75) is 25.0 Å². The van der Waals surface area contributed by atoms with Crippen molar-refractivity contribution in [1.29, 1.82) is 0 Å². The minimum atomic E-state index is -0.574. The van der Waals surface area contributed by atoms with E-state index in [9.17, 15) is 14.7 Å². The Morgan fingerprint density at radius 2 is 2.24 bits per heavy atom. The molecule has 1 saturated heterocycles. The molecule has 0 saturated carbocycles. The molecule has 21 heavy (non-hydrogen) atoms. The number of carbonyl (C=O) groups excluding carboxylic acids is 2. The molecule has 1 aromatic rings. The molecule has 2 aliphatic rings. The number of nitrogens with zero attached hydrogens (tertiary/aromatic N) is 1. The second-order valence-corrected chi connectivity index (χ2v) is 6.41. The van der Waals surface area contributed by atoms with Crippen LogP contribution in [0.3, 0.4) is 0 Å². The number of thioether (sulfide) groups is 1. The Balaban J connectivity index is 1.56. The molecule has 1 heterocycles. The second-order valence-electron chi connectivity index (χ2n) is 5.37. The summed E-state index contributed by atoms with van der Waals surface area (Å²) >= 11 is 1.30. The third-order valence-corrected chi connectivity index (χ3v) is 4.87. The highest BCUT2D eigenvalue weighted by Crippen LogP contribution is 2.31. The van der Waals surface area contributed by atoms with Crippen LogP contribution in [0.25, 0.3) is 0 Å². The highest BCUT2D eigenvalue weighted by molar-refractivity contribution is 8.13. The van der Waals surface area contributed by atoms with E-state index in [1.165, 1.54) is 11.8 Å². The summed E-state index contributed by atoms with van der Waals surface area (Å²) in [6, 6.07) is 7.43. The molecule has 3 rings (SSSR count).